The predicted molar refractivity (Wildman–Crippen MR) is 39.0 cm³/mol. The van der Waals surface area contributed by atoms with E-state index in [1.165, 1.54) is 7.11 Å². The standard InChI is InChI=1S/C6H12O2.H2N3/c1-6(2,3)5(7)8-4;1-3-2/h1-4H3;1-2H/q;+1. The average molecular weight is 160 g/mol. The molecule has 0 saturated heterocycles. The quantitative estimate of drug-likeness (QED) is 0.318. The van der Waals surface area contributed by atoms with Gasteiger partial charge >= 0.3 is 5.97 Å². The molecule has 0 atom stereocenters. The van der Waals surface area contributed by atoms with Crippen LogP contribution >= 0.6 is 0 Å². The van der Waals surface area contributed by atoms with Gasteiger partial charge in [0.2, 0.25) is 4.91 Å². The Bertz CT molecular complexity index is 154. The first-order chi connectivity index (χ1) is 4.90. The van der Waals surface area contributed by atoms with Gasteiger partial charge in [-0.05, 0) is 20.8 Å². The van der Waals surface area contributed by atoms with Crippen molar-refractivity contribution in [3.63, 3.8) is 0 Å². The monoisotopic (exact) mass is 160 g/mol. The second kappa shape index (κ2) is 5.56. The van der Waals surface area contributed by atoms with Gasteiger partial charge in [0.25, 0.3) is 0 Å². The number of esters is 1. The van der Waals surface area contributed by atoms with Crippen molar-refractivity contribution in [3.05, 3.63) is 0 Å². The summed E-state index contributed by atoms with van der Waals surface area (Å²) in [5.74, 6) is -0.169. The predicted octanol–water partition coefficient (Wildman–Crippen LogP) is 1.32. The molecule has 5 heteroatoms. The van der Waals surface area contributed by atoms with Crippen molar-refractivity contribution in [1.29, 1.82) is 11.1 Å². The summed E-state index contributed by atoms with van der Waals surface area (Å²) in [6, 6.07) is 0. The number of carbonyl (C=O) groups is 1. The molecule has 0 saturated carbocycles. The number of hydrogen-bond acceptors (Lipinski definition) is 4. The third-order valence-corrected chi connectivity index (χ3v) is 0.798. The molecule has 0 aromatic rings. The molecular weight excluding hydrogens is 146 g/mol. The molecule has 0 aromatic carbocycles. The summed E-state index contributed by atoms with van der Waals surface area (Å²) in [6.45, 7) is 5.45. The van der Waals surface area contributed by atoms with Crippen LogP contribution in [0.25, 0.3) is 0 Å². The summed E-state index contributed by atoms with van der Waals surface area (Å²) in [7, 11) is 1.40. The molecule has 0 aromatic heterocycles. The summed E-state index contributed by atoms with van der Waals surface area (Å²) >= 11 is 0. The van der Waals surface area contributed by atoms with E-state index in [4.69, 9.17) is 11.1 Å². The number of nitrogens with one attached hydrogen (secondary N) is 2. The molecule has 0 spiro atoms. The molecule has 2 N–H and O–H groups in total. The minimum Gasteiger partial charge on any atom is -0.469 e. The number of methoxy groups -OCH3 is 1. The largest absolute Gasteiger partial charge is 0.469 e. The Balaban J connectivity index is 0. The molecular formula is C6H14N3O2+. The maximum absolute atomic E-state index is 10.6. The zero-order valence-electron chi connectivity index (χ0n) is 7.26. The minimum atomic E-state index is -0.352. The van der Waals surface area contributed by atoms with E-state index in [0.29, 0.717) is 0 Å². The van der Waals surface area contributed by atoms with E-state index in [9.17, 15) is 4.79 Å². The highest BCUT2D eigenvalue weighted by Gasteiger charge is 2.21. The Labute approximate surface area is 65.8 Å². The Hall–Kier alpha value is -1.22. The van der Waals surface area contributed by atoms with Crippen molar-refractivity contribution in [1.82, 2.24) is 4.91 Å². The fourth-order valence-electron chi connectivity index (χ4n) is 0.306. The van der Waals surface area contributed by atoms with E-state index in [1.807, 2.05) is 25.7 Å². The van der Waals surface area contributed by atoms with E-state index in [2.05, 4.69) is 4.74 Å². The molecule has 0 aliphatic rings. The first-order valence-electron chi connectivity index (χ1n) is 3.01. The van der Waals surface area contributed by atoms with Gasteiger partial charge in [0.15, 0.2) is 0 Å². The summed E-state index contributed by atoms with van der Waals surface area (Å²) in [5.41, 5.74) is 10.6. The molecule has 0 fully saturated rings. The fraction of sp³-hybridized carbons (Fsp3) is 0.833. The van der Waals surface area contributed by atoms with E-state index in [-0.39, 0.29) is 11.4 Å². The van der Waals surface area contributed by atoms with Gasteiger partial charge in [0, 0.05) is 0 Å². The molecule has 0 heterocycles. The highest BCUT2D eigenvalue weighted by Crippen LogP contribution is 2.13. The van der Waals surface area contributed by atoms with Gasteiger partial charge in [-0.15, -0.1) is 0 Å². The zero-order valence-corrected chi connectivity index (χ0v) is 7.26. The lowest BCUT2D eigenvalue weighted by molar-refractivity contribution is -0.149. The first kappa shape index (κ1) is 12.5. The summed E-state index contributed by atoms with van der Waals surface area (Å²) < 4.78 is 4.48. The van der Waals surface area contributed by atoms with Crippen LogP contribution < -0.4 is 4.91 Å². The normalized spacial score (nSPS) is 8.73. The Morgan fingerprint density at radius 3 is 1.64 bits per heavy atom. The summed E-state index contributed by atoms with van der Waals surface area (Å²) in [5, 5.41) is 0. The van der Waals surface area contributed by atoms with Gasteiger partial charge in [0.05, 0.1) is 12.5 Å². The number of nitrogens with zero attached hydrogens (tertiary/aromatic N) is 1. The molecule has 0 radical (unpaired) electrons. The van der Waals surface area contributed by atoms with Crippen LogP contribution in [0, 0.1) is 16.5 Å². The van der Waals surface area contributed by atoms with Gasteiger partial charge in [-0.2, -0.15) is 0 Å². The second-order valence-electron chi connectivity index (χ2n) is 2.85. The SMILES string of the molecule is COC(=O)C(C)(C)C.N=[N+]=N. The maximum Gasteiger partial charge on any atom is 0.310 e. The Morgan fingerprint density at radius 1 is 1.36 bits per heavy atom. The van der Waals surface area contributed by atoms with E-state index in [0.717, 1.165) is 0 Å². The molecule has 0 rings (SSSR count). The smallest absolute Gasteiger partial charge is 0.310 e. The van der Waals surface area contributed by atoms with Crippen molar-refractivity contribution in [2.45, 2.75) is 20.8 Å². The molecule has 64 valence electrons. The Kier molecular flexibility index (Phi) is 6.29. The van der Waals surface area contributed by atoms with Gasteiger partial charge in [-0.25, -0.2) is 0 Å². The van der Waals surface area contributed by atoms with Crippen LogP contribution in [0.5, 0.6) is 0 Å². The van der Waals surface area contributed by atoms with Gasteiger partial charge in [-0.1, -0.05) is 0 Å². The Morgan fingerprint density at radius 2 is 1.64 bits per heavy atom. The van der Waals surface area contributed by atoms with Crippen LogP contribution in [0.2, 0.25) is 0 Å². The van der Waals surface area contributed by atoms with Crippen LogP contribution in [0.15, 0.2) is 0 Å². The fourth-order valence-corrected chi connectivity index (χ4v) is 0.306. The van der Waals surface area contributed by atoms with Crippen molar-refractivity contribution in [2.24, 2.45) is 5.41 Å². The molecule has 0 bridgehead atoms. The van der Waals surface area contributed by atoms with Crippen LogP contribution in [0.4, 0.5) is 0 Å². The van der Waals surface area contributed by atoms with Crippen LogP contribution in [0.3, 0.4) is 0 Å². The summed E-state index contributed by atoms with van der Waals surface area (Å²) in [4.78, 5) is 12.6. The first-order valence-corrected chi connectivity index (χ1v) is 3.01. The van der Waals surface area contributed by atoms with Crippen LogP contribution in [0.1, 0.15) is 20.8 Å². The van der Waals surface area contributed by atoms with Crippen molar-refractivity contribution in [3.8, 4) is 0 Å². The third-order valence-electron chi connectivity index (χ3n) is 0.798. The second-order valence-corrected chi connectivity index (χ2v) is 2.85. The number of ether oxygens (including phenoxy) is 1. The van der Waals surface area contributed by atoms with Crippen molar-refractivity contribution in [2.75, 3.05) is 7.11 Å². The highest BCUT2D eigenvalue weighted by atomic mass is 16.5. The topological polar surface area (TPSA) is 88.1 Å². The number of carbonyl (C=O) groups excluding carboxylic acids is 1. The van der Waals surface area contributed by atoms with Gasteiger partial charge < -0.3 is 4.74 Å². The highest BCUT2D eigenvalue weighted by molar-refractivity contribution is 5.75. The molecule has 5 nitrogen and oxygen atoms in total. The molecule has 0 aliphatic heterocycles. The minimum absolute atomic E-state index is 0.169. The van der Waals surface area contributed by atoms with Gasteiger partial charge in [0.1, 0.15) is 11.1 Å². The molecule has 0 unspecified atom stereocenters. The van der Waals surface area contributed by atoms with E-state index < -0.39 is 0 Å². The molecule has 0 aliphatic carbocycles. The van der Waals surface area contributed by atoms with Crippen LogP contribution in [-0.4, -0.2) is 13.1 Å². The average Bonchev–Trinajstić information content (AvgIpc) is 1.86. The lowest BCUT2D eigenvalue weighted by Crippen LogP contribution is -2.21. The summed E-state index contributed by atoms with van der Waals surface area (Å²) in [6.07, 6.45) is 0. The number of rotatable bonds is 0. The van der Waals surface area contributed by atoms with E-state index in [1.54, 1.807) is 0 Å². The molecule has 0 amide bonds. The van der Waals surface area contributed by atoms with Crippen LogP contribution in [-0.2, 0) is 9.53 Å². The number of hydrogen-bond donors (Lipinski definition) is 2. The van der Waals surface area contributed by atoms with E-state index >= 15 is 0 Å². The third kappa shape index (κ3) is 8.78. The maximum atomic E-state index is 10.6. The van der Waals surface area contributed by atoms with Crippen molar-refractivity contribution < 1.29 is 9.53 Å². The molecule has 11 heavy (non-hydrogen) atoms. The lowest BCUT2D eigenvalue weighted by atomic mass is 9.98. The zero-order chi connectivity index (χ0) is 9.49. The van der Waals surface area contributed by atoms with Gasteiger partial charge in [-0.3, -0.25) is 4.79 Å². The van der Waals surface area contributed by atoms with Crippen molar-refractivity contribution >= 4 is 5.97 Å². The lowest BCUT2D eigenvalue weighted by Gasteiger charge is -2.13.